The molecule has 0 aliphatic carbocycles. The number of halogens is 5. The Bertz CT molecular complexity index is 1460. The van der Waals surface area contributed by atoms with Gasteiger partial charge in [0.05, 0.1) is 11.1 Å². The van der Waals surface area contributed by atoms with Crippen LogP contribution in [0.25, 0.3) is 22.0 Å². The van der Waals surface area contributed by atoms with Crippen LogP contribution < -0.4 is 10.6 Å². The van der Waals surface area contributed by atoms with Crippen molar-refractivity contribution in [2.75, 3.05) is 52.2 Å². The van der Waals surface area contributed by atoms with Gasteiger partial charge in [-0.05, 0) is 46.3 Å². The lowest BCUT2D eigenvalue weighted by Gasteiger charge is -2.40. The summed E-state index contributed by atoms with van der Waals surface area (Å²) in [6.45, 7) is 4.46. The fourth-order valence-corrected chi connectivity index (χ4v) is 7.04. The summed E-state index contributed by atoms with van der Waals surface area (Å²) in [5.41, 5.74) is -2.04. The summed E-state index contributed by atoms with van der Waals surface area (Å²) >= 11 is 1.19. The maximum absolute atomic E-state index is 15.1. The van der Waals surface area contributed by atoms with Crippen LogP contribution in [0.3, 0.4) is 0 Å². The zero-order chi connectivity index (χ0) is 27.5. The third-order valence-corrected chi connectivity index (χ3v) is 8.31. The maximum atomic E-state index is 15.1. The van der Waals surface area contributed by atoms with Crippen LogP contribution in [0.4, 0.5) is 27.8 Å². The lowest BCUT2D eigenvalue weighted by Crippen LogP contribution is -2.51. The average molecular weight is 554 g/mol. The Kier molecular flexibility index (Phi) is 6.93. The lowest BCUT2D eigenvalue weighted by molar-refractivity contribution is -0.137. The van der Waals surface area contributed by atoms with Crippen LogP contribution >= 0.6 is 11.8 Å². The van der Waals surface area contributed by atoms with Crippen LogP contribution in [0.5, 0.6) is 0 Å². The second-order valence-electron chi connectivity index (χ2n) is 10.3. The van der Waals surface area contributed by atoms with Gasteiger partial charge in [-0.25, -0.2) is 13.6 Å². The van der Waals surface area contributed by atoms with Crippen LogP contribution in [0.15, 0.2) is 34.0 Å². The number of thioether (sulfide) groups is 1. The van der Waals surface area contributed by atoms with Crippen molar-refractivity contribution in [2.24, 2.45) is 0 Å². The Hall–Kier alpha value is -2.70. The minimum absolute atomic E-state index is 0.0937. The summed E-state index contributed by atoms with van der Waals surface area (Å²) < 4.78 is 74.2. The van der Waals surface area contributed by atoms with Gasteiger partial charge in [-0.1, -0.05) is 0 Å². The summed E-state index contributed by atoms with van der Waals surface area (Å²) in [5.74, 6) is -1.79. The van der Waals surface area contributed by atoms with Gasteiger partial charge in [0.1, 0.15) is 17.5 Å². The van der Waals surface area contributed by atoms with Crippen LogP contribution in [0.1, 0.15) is 12.5 Å². The van der Waals surface area contributed by atoms with E-state index < -0.39 is 29.1 Å². The van der Waals surface area contributed by atoms with Crippen LogP contribution in [-0.2, 0) is 12.7 Å². The molecule has 2 aliphatic rings. The largest absolute Gasteiger partial charge is 0.417 e. The number of piperazine rings is 1. The first kappa shape index (κ1) is 26.9. The smallest absolute Gasteiger partial charge is 0.351 e. The minimum Gasteiger partial charge on any atom is -0.351 e. The van der Waals surface area contributed by atoms with Gasteiger partial charge in [0.25, 0.3) is 0 Å². The molecule has 2 unspecified atom stereocenters. The molecule has 204 valence electrons. The lowest BCUT2D eigenvalue weighted by atomic mass is 9.95. The van der Waals surface area contributed by atoms with Crippen molar-refractivity contribution < 1.29 is 22.0 Å². The van der Waals surface area contributed by atoms with Crippen molar-refractivity contribution in [3.05, 3.63) is 51.9 Å². The summed E-state index contributed by atoms with van der Waals surface area (Å²) in [5, 5.41) is -0.0928. The minimum atomic E-state index is -4.85. The SMILES string of the molecule is CC1CN(C)CCN1c1nc(=O)n2c3c(c(-c4ccc(F)cc4F)c(C(F)(F)F)cc13)SC(CN(C)C)C2. The van der Waals surface area contributed by atoms with Crippen LogP contribution in [-0.4, -0.2) is 78.0 Å². The first-order valence-corrected chi connectivity index (χ1v) is 13.1. The predicted molar refractivity (Wildman–Crippen MR) is 139 cm³/mol. The van der Waals surface area contributed by atoms with Crippen LogP contribution in [0, 0.1) is 11.6 Å². The monoisotopic (exact) mass is 553 g/mol. The van der Waals surface area contributed by atoms with Crippen molar-refractivity contribution in [1.82, 2.24) is 19.4 Å². The second kappa shape index (κ2) is 9.80. The molecule has 1 aromatic heterocycles. The number of aromatic nitrogens is 2. The molecule has 2 aromatic carbocycles. The molecule has 0 bridgehead atoms. The van der Waals surface area contributed by atoms with Crippen LogP contribution in [0.2, 0.25) is 0 Å². The van der Waals surface area contributed by atoms with E-state index in [0.29, 0.717) is 37.8 Å². The van der Waals surface area contributed by atoms with Crippen molar-refractivity contribution in [2.45, 2.75) is 35.8 Å². The molecule has 3 heterocycles. The molecule has 1 fully saturated rings. The number of likely N-dealkylation sites (N-methyl/N-ethyl adjacent to an activating group) is 1. The standard InChI is InChI=1S/C26H28F5N5OS/c1-14-11-34(4)7-8-35(14)24-18-10-19(26(29,30)31)21(17-6-5-15(27)9-20(17)28)23-22(18)36(25(37)32-24)13-16(38-23)12-33(2)3/h5-6,9-10,14,16H,7-8,11-13H2,1-4H3. The van der Waals surface area contributed by atoms with Gasteiger partial charge in [0.15, 0.2) is 0 Å². The number of nitrogens with zero attached hydrogens (tertiary/aromatic N) is 5. The third-order valence-electron chi connectivity index (χ3n) is 7.05. The number of rotatable bonds is 4. The number of hydrogen-bond acceptors (Lipinski definition) is 6. The Labute approximate surface area is 221 Å². The van der Waals surface area contributed by atoms with E-state index in [4.69, 9.17) is 0 Å². The molecule has 0 N–H and O–H groups in total. The van der Waals surface area contributed by atoms with E-state index in [1.165, 1.54) is 16.3 Å². The van der Waals surface area contributed by atoms with Gasteiger partial charge in [-0.2, -0.15) is 18.2 Å². The highest BCUT2D eigenvalue weighted by molar-refractivity contribution is 8.00. The molecular formula is C26H28F5N5OS. The first-order chi connectivity index (χ1) is 17.8. The predicted octanol–water partition coefficient (Wildman–Crippen LogP) is 4.54. The zero-order valence-electron chi connectivity index (χ0n) is 21.4. The zero-order valence-corrected chi connectivity index (χ0v) is 22.3. The molecule has 38 heavy (non-hydrogen) atoms. The van der Waals surface area contributed by atoms with E-state index >= 15 is 4.39 Å². The molecule has 2 atom stereocenters. The first-order valence-electron chi connectivity index (χ1n) is 12.3. The van der Waals surface area contributed by atoms with Gasteiger partial charge in [0, 0.05) is 71.5 Å². The fourth-order valence-electron chi connectivity index (χ4n) is 5.44. The van der Waals surface area contributed by atoms with E-state index in [2.05, 4.69) is 9.88 Å². The number of benzene rings is 2. The van der Waals surface area contributed by atoms with Gasteiger partial charge in [-0.15, -0.1) is 11.8 Å². The highest BCUT2D eigenvalue weighted by Gasteiger charge is 2.40. The van der Waals surface area contributed by atoms with Gasteiger partial charge in [0.2, 0.25) is 0 Å². The van der Waals surface area contributed by atoms with Crippen molar-refractivity contribution in [1.29, 1.82) is 0 Å². The van der Waals surface area contributed by atoms with E-state index in [-0.39, 0.29) is 45.1 Å². The highest BCUT2D eigenvalue weighted by atomic mass is 32.2. The summed E-state index contributed by atoms with van der Waals surface area (Å²) in [6, 6.07) is 3.43. The summed E-state index contributed by atoms with van der Waals surface area (Å²) in [4.78, 5) is 23.7. The number of hydrogen-bond donors (Lipinski definition) is 0. The quantitative estimate of drug-likeness (QED) is 0.443. The molecule has 5 rings (SSSR count). The Morgan fingerprint density at radius 1 is 1.13 bits per heavy atom. The number of anilines is 1. The van der Waals surface area contributed by atoms with Gasteiger partial charge >= 0.3 is 11.9 Å². The third kappa shape index (κ3) is 4.77. The second-order valence-corrected chi connectivity index (χ2v) is 11.6. The molecule has 0 saturated carbocycles. The fraction of sp³-hybridized carbons (Fsp3) is 0.462. The highest BCUT2D eigenvalue weighted by Crippen LogP contribution is 2.50. The Morgan fingerprint density at radius 2 is 1.87 bits per heavy atom. The van der Waals surface area contributed by atoms with Crippen molar-refractivity contribution >= 4 is 28.5 Å². The molecule has 6 nitrogen and oxygen atoms in total. The van der Waals surface area contributed by atoms with Crippen molar-refractivity contribution in [3.8, 4) is 11.1 Å². The normalized spacial score (nSPS) is 20.5. The molecule has 0 amide bonds. The Morgan fingerprint density at radius 3 is 2.50 bits per heavy atom. The van der Waals surface area contributed by atoms with E-state index in [0.717, 1.165) is 18.2 Å². The van der Waals surface area contributed by atoms with E-state index in [1.54, 1.807) is 0 Å². The topological polar surface area (TPSA) is 44.6 Å². The maximum Gasteiger partial charge on any atom is 0.417 e. The molecule has 12 heteroatoms. The summed E-state index contributed by atoms with van der Waals surface area (Å²) in [6.07, 6.45) is -4.85. The summed E-state index contributed by atoms with van der Waals surface area (Å²) in [7, 11) is 5.62. The van der Waals surface area contributed by atoms with Gasteiger partial charge < -0.3 is 14.7 Å². The Balaban J connectivity index is 1.88. The molecular weight excluding hydrogens is 525 g/mol. The molecule has 3 aromatic rings. The van der Waals surface area contributed by atoms with E-state index in [9.17, 15) is 22.4 Å². The van der Waals surface area contributed by atoms with Gasteiger partial charge in [-0.3, -0.25) is 4.57 Å². The van der Waals surface area contributed by atoms with Crippen molar-refractivity contribution in [3.63, 3.8) is 0 Å². The molecule has 1 saturated heterocycles. The molecule has 0 spiro atoms. The average Bonchev–Trinajstić information content (AvgIpc) is 2.80. The number of alkyl halides is 3. The molecule has 0 radical (unpaired) electrons. The van der Waals surface area contributed by atoms with E-state index in [1.807, 2.05) is 37.9 Å². The molecule has 2 aliphatic heterocycles.